The van der Waals surface area contributed by atoms with Gasteiger partial charge in [-0.2, -0.15) is 4.31 Å². The zero-order valence-electron chi connectivity index (χ0n) is 16.8. The van der Waals surface area contributed by atoms with Gasteiger partial charge in [0.25, 0.3) is 0 Å². The first-order valence-corrected chi connectivity index (χ1v) is 13.3. The van der Waals surface area contributed by atoms with Crippen molar-refractivity contribution >= 4 is 25.8 Å². The molecule has 1 N–H and O–H groups in total. The predicted molar refractivity (Wildman–Crippen MR) is 111 cm³/mol. The van der Waals surface area contributed by atoms with Gasteiger partial charge in [-0.05, 0) is 17.5 Å². The average Bonchev–Trinajstić information content (AvgIpc) is 2.67. The van der Waals surface area contributed by atoms with Gasteiger partial charge in [-0.25, -0.2) is 16.8 Å². The van der Waals surface area contributed by atoms with Crippen molar-refractivity contribution in [2.24, 2.45) is 0 Å². The van der Waals surface area contributed by atoms with Gasteiger partial charge < -0.3 is 10.1 Å². The molecule has 0 radical (unpaired) electrons. The van der Waals surface area contributed by atoms with E-state index in [1.165, 1.54) is 4.31 Å². The van der Waals surface area contributed by atoms with Crippen molar-refractivity contribution in [3.05, 3.63) is 35.4 Å². The first-order valence-electron chi connectivity index (χ1n) is 9.83. The van der Waals surface area contributed by atoms with Crippen LogP contribution in [-0.4, -0.2) is 64.9 Å². The number of benzene rings is 1. The maximum absolute atomic E-state index is 12.7. The summed E-state index contributed by atoms with van der Waals surface area (Å²) in [7, 11) is -6.93. The second kappa shape index (κ2) is 11.1. The number of morpholine rings is 1. The number of sulfone groups is 1. The Bertz CT molecular complexity index is 878. The first kappa shape index (κ1) is 23.8. The monoisotopic (exact) mass is 446 g/mol. The van der Waals surface area contributed by atoms with E-state index in [1.54, 1.807) is 24.3 Å². The Hall–Kier alpha value is -1.49. The summed E-state index contributed by atoms with van der Waals surface area (Å²) in [5.74, 6) is -1.30. The fourth-order valence-corrected chi connectivity index (χ4v) is 5.92. The molecular formula is C19H30N2O6S2. The van der Waals surface area contributed by atoms with Crippen LogP contribution in [0.15, 0.2) is 24.3 Å². The quantitative estimate of drug-likeness (QED) is 0.509. The summed E-state index contributed by atoms with van der Waals surface area (Å²) in [6.07, 6.45) is 2.27. The Labute approximate surface area is 173 Å². The molecule has 2 rings (SSSR count). The Balaban J connectivity index is 1.95. The van der Waals surface area contributed by atoms with Crippen molar-refractivity contribution < 1.29 is 26.4 Å². The van der Waals surface area contributed by atoms with Crippen LogP contribution in [0.4, 0.5) is 0 Å². The van der Waals surface area contributed by atoms with E-state index in [0.717, 1.165) is 12.8 Å². The Kier molecular flexibility index (Phi) is 9.06. The molecule has 10 heteroatoms. The summed E-state index contributed by atoms with van der Waals surface area (Å²) in [6.45, 7) is 3.48. The third-order valence-corrected chi connectivity index (χ3v) is 8.15. The first-order chi connectivity index (χ1) is 13.7. The zero-order valence-corrected chi connectivity index (χ0v) is 18.4. The zero-order chi connectivity index (χ0) is 21.3. The van der Waals surface area contributed by atoms with Crippen LogP contribution < -0.4 is 5.32 Å². The number of rotatable bonds is 11. The molecule has 1 fully saturated rings. The van der Waals surface area contributed by atoms with Crippen LogP contribution in [0, 0.1) is 0 Å². The van der Waals surface area contributed by atoms with Gasteiger partial charge in [0.1, 0.15) is 5.75 Å². The highest BCUT2D eigenvalue weighted by Crippen LogP contribution is 2.16. The molecule has 1 saturated heterocycles. The van der Waals surface area contributed by atoms with Gasteiger partial charge in [0, 0.05) is 19.6 Å². The van der Waals surface area contributed by atoms with Crippen molar-refractivity contribution in [3.8, 4) is 0 Å². The molecule has 0 bridgehead atoms. The predicted octanol–water partition coefficient (Wildman–Crippen LogP) is 1.07. The van der Waals surface area contributed by atoms with E-state index in [2.05, 4.69) is 5.32 Å². The van der Waals surface area contributed by atoms with Gasteiger partial charge in [0.15, 0.2) is 9.84 Å². The second-order valence-corrected chi connectivity index (χ2v) is 11.3. The molecule has 8 nitrogen and oxygen atoms in total. The summed E-state index contributed by atoms with van der Waals surface area (Å²) in [6, 6.07) is 6.95. The van der Waals surface area contributed by atoms with E-state index in [0.29, 0.717) is 43.9 Å². The van der Waals surface area contributed by atoms with Crippen LogP contribution in [0.1, 0.15) is 37.3 Å². The van der Waals surface area contributed by atoms with Gasteiger partial charge in [-0.1, -0.05) is 44.0 Å². The summed E-state index contributed by atoms with van der Waals surface area (Å²) in [5.41, 5.74) is 1.24. The number of carbonyl (C=O) groups excluding carboxylic acids is 1. The molecule has 1 heterocycles. The van der Waals surface area contributed by atoms with Crippen molar-refractivity contribution in [2.75, 3.05) is 37.8 Å². The average molecular weight is 447 g/mol. The minimum Gasteiger partial charge on any atom is -0.379 e. The molecule has 1 amide bonds. The Morgan fingerprint density at radius 2 is 1.72 bits per heavy atom. The van der Waals surface area contributed by atoms with Crippen molar-refractivity contribution in [1.29, 1.82) is 0 Å². The minimum atomic E-state index is -3.49. The maximum atomic E-state index is 12.7. The minimum absolute atomic E-state index is 0.00262. The number of carbonyl (C=O) groups is 1. The van der Waals surface area contributed by atoms with Crippen LogP contribution in [0.3, 0.4) is 0 Å². The topological polar surface area (TPSA) is 110 Å². The van der Waals surface area contributed by atoms with Crippen LogP contribution in [0.25, 0.3) is 0 Å². The standard InChI is InChI=1S/C19H30N2O6S2/c1-2-3-6-13-28(23,24)16-19(22)20-14-17-7-4-5-8-18(17)15-29(25,26)21-9-11-27-12-10-21/h4-5,7-8H,2-3,6,9-16H2,1H3,(H,20,22). The number of nitrogens with zero attached hydrogens (tertiary/aromatic N) is 1. The molecule has 29 heavy (non-hydrogen) atoms. The van der Waals surface area contributed by atoms with Crippen LogP contribution in [0.2, 0.25) is 0 Å². The Morgan fingerprint density at radius 3 is 2.38 bits per heavy atom. The number of sulfonamides is 1. The van der Waals surface area contributed by atoms with E-state index in [1.807, 2.05) is 6.92 Å². The summed E-state index contributed by atoms with van der Waals surface area (Å²) in [4.78, 5) is 12.1. The molecule has 0 unspecified atom stereocenters. The summed E-state index contributed by atoms with van der Waals surface area (Å²) < 4.78 is 55.9. The lowest BCUT2D eigenvalue weighted by atomic mass is 10.1. The fourth-order valence-electron chi connectivity index (χ4n) is 3.07. The fraction of sp³-hybridized carbons (Fsp3) is 0.632. The largest absolute Gasteiger partial charge is 0.379 e. The van der Waals surface area contributed by atoms with Crippen molar-refractivity contribution in [1.82, 2.24) is 9.62 Å². The SMILES string of the molecule is CCCCCS(=O)(=O)CC(=O)NCc1ccccc1CS(=O)(=O)N1CCOCC1. The third-order valence-electron chi connectivity index (χ3n) is 4.71. The normalized spacial score (nSPS) is 15.9. The third kappa shape index (κ3) is 8.04. The van der Waals surface area contributed by atoms with Crippen LogP contribution >= 0.6 is 0 Å². The number of hydrogen-bond acceptors (Lipinski definition) is 6. The summed E-state index contributed by atoms with van der Waals surface area (Å²) >= 11 is 0. The molecule has 1 aliphatic heterocycles. The van der Waals surface area contributed by atoms with E-state index in [4.69, 9.17) is 4.74 Å². The maximum Gasteiger partial charge on any atom is 0.235 e. The van der Waals surface area contributed by atoms with E-state index in [-0.39, 0.29) is 18.1 Å². The highest BCUT2D eigenvalue weighted by atomic mass is 32.2. The van der Waals surface area contributed by atoms with Gasteiger partial charge in [-0.3, -0.25) is 4.79 Å². The van der Waals surface area contributed by atoms with Gasteiger partial charge in [0.2, 0.25) is 15.9 Å². The van der Waals surface area contributed by atoms with E-state index >= 15 is 0 Å². The Morgan fingerprint density at radius 1 is 1.07 bits per heavy atom. The summed E-state index contributed by atoms with van der Waals surface area (Å²) in [5, 5.41) is 2.60. The molecule has 164 valence electrons. The number of unbranched alkanes of at least 4 members (excludes halogenated alkanes) is 2. The smallest absolute Gasteiger partial charge is 0.235 e. The van der Waals surface area contributed by atoms with E-state index < -0.39 is 31.5 Å². The van der Waals surface area contributed by atoms with Gasteiger partial charge in [-0.15, -0.1) is 0 Å². The number of ether oxygens (including phenoxy) is 1. The highest BCUT2D eigenvalue weighted by Gasteiger charge is 2.25. The van der Waals surface area contributed by atoms with Crippen LogP contribution in [0.5, 0.6) is 0 Å². The number of nitrogens with one attached hydrogen (secondary N) is 1. The van der Waals surface area contributed by atoms with Crippen molar-refractivity contribution in [3.63, 3.8) is 0 Å². The van der Waals surface area contributed by atoms with Crippen molar-refractivity contribution in [2.45, 2.75) is 38.5 Å². The molecule has 0 atom stereocenters. The molecule has 0 aromatic heterocycles. The molecular weight excluding hydrogens is 416 g/mol. The lowest BCUT2D eigenvalue weighted by Crippen LogP contribution is -2.41. The molecule has 0 saturated carbocycles. The van der Waals surface area contributed by atoms with Crippen LogP contribution in [-0.2, 0) is 41.7 Å². The lowest BCUT2D eigenvalue weighted by Gasteiger charge is -2.26. The number of amides is 1. The molecule has 0 aliphatic carbocycles. The highest BCUT2D eigenvalue weighted by molar-refractivity contribution is 7.92. The lowest BCUT2D eigenvalue weighted by molar-refractivity contribution is -0.118. The molecule has 0 spiro atoms. The molecule has 1 aromatic rings. The van der Waals surface area contributed by atoms with Gasteiger partial charge >= 0.3 is 0 Å². The van der Waals surface area contributed by atoms with E-state index in [9.17, 15) is 21.6 Å². The second-order valence-electron chi connectivity index (χ2n) is 7.11. The van der Waals surface area contributed by atoms with Gasteiger partial charge in [0.05, 0.1) is 24.7 Å². The molecule has 1 aromatic carbocycles. The molecule has 1 aliphatic rings. The number of hydrogen-bond donors (Lipinski definition) is 1.